The van der Waals surface area contributed by atoms with Crippen molar-refractivity contribution in [1.29, 1.82) is 0 Å². The molecule has 2 fully saturated rings. The molecule has 1 saturated heterocycles. The summed E-state index contributed by atoms with van der Waals surface area (Å²) in [6.45, 7) is 19.2. The van der Waals surface area contributed by atoms with Crippen LogP contribution in [0.1, 0.15) is 68.2 Å². The number of terminal acetylenes is 1. The van der Waals surface area contributed by atoms with Crippen molar-refractivity contribution in [2.75, 3.05) is 43.9 Å². The van der Waals surface area contributed by atoms with Crippen molar-refractivity contribution in [2.24, 2.45) is 28.1 Å². The van der Waals surface area contributed by atoms with Gasteiger partial charge in [0.1, 0.15) is 23.5 Å². The highest BCUT2D eigenvalue weighted by Gasteiger charge is 2.70. The van der Waals surface area contributed by atoms with Crippen LogP contribution in [-0.4, -0.2) is 92.3 Å². The maximum atomic E-state index is 14.4. The van der Waals surface area contributed by atoms with E-state index in [0.717, 1.165) is 0 Å². The second kappa shape index (κ2) is 15.3. The monoisotopic (exact) mass is 709 g/mol. The molecule has 1 unspecified atom stereocenters. The summed E-state index contributed by atoms with van der Waals surface area (Å²) in [4.78, 5) is 94.9. The number of rotatable bonds is 15. The Morgan fingerprint density at radius 3 is 2.18 bits per heavy atom. The summed E-state index contributed by atoms with van der Waals surface area (Å²) in [5, 5.41) is 14.0. The number of nitrogens with one attached hydrogen (secondary N) is 5. The van der Waals surface area contributed by atoms with Crippen LogP contribution in [0.2, 0.25) is 0 Å². The molecule has 0 spiro atoms. The Morgan fingerprint density at radius 2 is 1.65 bits per heavy atom. The molecule has 14 nitrogen and oxygen atoms in total. The molecule has 1 aromatic rings. The lowest BCUT2D eigenvalue weighted by Gasteiger charge is -2.38. The van der Waals surface area contributed by atoms with Crippen LogP contribution in [0, 0.1) is 40.4 Å². The Balaban J connectivity index is 1.82. The highest BCUT2D eigenvalue weighted by Crippen LogP contribution is 2.65. The molecule has 280 valence electrons. The fourth-order valence-electron chi connectivity index (χ4n) is 6.87. The van der Waals surface area contributed by atoms with Crippen LogP contribution in [0.3, 0.4) is 0 Å². The second-order valence-corrected chi connectivity index (χ2v) is 16.5. The Labute approximate surface area is 300 Å². The minimum atomic E-state index is -1.19. The van der Waals surface area contributed by atoms with Crippen LogP contribution < -0.4 is 42.3 Å². The van der Waals surface area contributed by atoms with Gasteiger partial charge in [0.05, 0.1) is 12.1 Å². The number of fused-ring (bicyclic) bond motifs is 1. The van der Waals surface area contributed by atoms with E-state index in [1.807, 2.05) is 34.6 Å². The molecule has 1 heterocycles. The van der Waals surface area contributed by atoms with Gasteiger partial charge in [-0.25, -0.2) is 4.79 Å². The number of ketones is 1. The Kier molecular flexibility index (Phi) is 12.2. The van der Waals surface area contributed by atoms with Gasteiger partial charge in [0.25, 0.3) is 16.8 Å². The first-order chi connectivity index (χ1) is 23.5. The van der Waals surface area contributed by atoms with Crippen LogP contribution in [0.25, 0.3) is 0 Å². The summed E-state index contributed by atoms with van der Waals surface area (Å²) in [5.41, 5.74) is -2.28. The van der Waals surface area contributed by atoms with Crippen molar-refractivity contribution in [3.8, 4) is 12.3 Å². The molecule has 0 radical (unpaired) electrons. The highest BCUT2D eigenvalue weighted by atomic mass is 16.2. The molecule has 1 aromatic carbocycles. The molecule has 3 rings (SSSR count). The summed E-state index contributed by atoms with van der Waals surface area (Å²) < 4.78 is 0. The maximum absolute atomic E-state index is 14.4. The van der Waals surface area contributed by atoms with Crippen LogP contribution >= 0.6 is 0 Å². The van der Waals surface area contributed by atoms with Crippen LogP contribution in [0.15, 0.2) is 22.2 Å². The summed E-state index contributed by atoms with van der Waals surface area (Å²) in [5.74, 6) is -0.503. The smallest absolute Gasteiger partial charge is 0.315 e. The van der Waals surface area contributed by atoms with E-state index in [1.165, 1.54) is 11.0 Å². The number of anilines is 2. The summed E-state index contributed by atoms with van der Waals surface area (Å²) in [6, 6.07) is -4.36. The van der Waals surface area contributed by atoms with Gasteiger partial charge >= 0.3 is 6.03 Å². The number of likely N-dealkylation sites (tertiary alicyclic amines) is 1. The fraction of sp³-hybridized carbons (Fsp3) is 0.649. The average molecular weight is 710 g/mol. The normalized spacial score (nSPS) is 20.9. The number of piperidine rings is 1. The van der Waals surface area contributed by atoms with Gasteiger partial charge in [-0.3, -0.25) is 28.8 Å². The van der Waals surface area contributed by atoms with E-state index in [0.29, 0.717) is 0 Å². The zero-order valence-corrected chi connectivity index (χ0v) is 31.6. The van der Waals surface area contributed by atoms with Crippen molar-refractivity contribution in [3.63, 3.8) is 0 Å². The third-order valence-corrected chi connectivity index (χ3v) is 10.2. The van der Waals surface area contributed by atoms with Crippen molar-refractivity contribution in [1.82, 2.24) is 26.2 Å². The van der Waals surface area contributed by atoms with E-state index in [9.17, 15) is 33.6 Å². The molecule has 51 heavy (non-hydrogen) atoms. The van der Waals surface area contributed by atoms with Gasteiger partial charge < -0.3 is 36.4 Å². The largest absolute Gasteiger partial charge is 0.378 e. The quantitative estimate of drug-likeness (QED) is 0.101. The van der Waals surface area contributed by atoms with Gasteiger partial charge in [0.2, 0.25) is 17.6 Å². The number of urea groups is 1. The molecule has 1 aliphatic heterocycles. The summed E-state index contributed by atoms with van der Waals surface area (Å²) in [6.07, 6.45) is 7.03. The van der Waals surface area contributed by atoms with Gasteiger partial charge in [-0.05, 0) is 34.5 Å². The fourth-order valence-corrected chi connectivity index (χ4v) is 6.87. The molecule has 2 aliphatic rings. The lowest BCUT2D eigenvalue weighted by Crippen LogP contribution is -2.62. The van der Waals surface area contributed by atoms with Gasteiger partial charge in [0.15, 0.2) is 0 Å². The van der Waals surface area contributed by atoms with E-state index in [-0.39, 0.29) is 61.1 Å². The standard InChI is InChI=1S/C37H55N7O7/c1-13-15-16-21(27(45)32(49)38-17-14-2)40-31(48)25-23-20(37(23,9)10)19-44(25)33(50)30(36(6,7)8)42-34(51)41-22(35(3,4)5)18-39-24-26(43(11)12)29(47)28(24)46/h1,14,20-23,25,30,39H,2,15-19H2,3-12H3,(H,38,49)(H,40,48)(H2,41,42,51)/t20-,21?,22+,23-,25-,30+/m0/s1. The van der Waals surface area contributed by atoms with Gasteiger partial charge in [-0.2, -0.15) is 0 Å². The Hall–Kier alpha value is -4.67. The van der Waals surface area contributed by atoms with E-state index < -0.39 is 75.4 Å². The zero-order chi connectivity index (χ0) is 38.8. The van der Waals surface area contributed by atoms with Crippen molar-refractivity contribution in [3.05, 3.63) is 33.1 Å². The van der Waals surface area contributed by atoms with E-state index in [1.54, 1.807) is 39.8 Å². The average Bonchev–Trinajstić information content (AvgIpc) is 3.33. The number of hydrogen-bond acceptors (Lipinski definition) is 9. The Bertz CT molecular complexity index is 1650. The number of amides is 5. The number of hydrogen-bond donors (Lipinski definition) is 5. The first-order valence-corrected chi connectivity index (χ1v) is 17.3. The third-order valence-electron chi connectivity index (χ3n) is 10.2. The maximum Gasteiger partial charge on any atom is 0.315 e. The number of Topliss-reactive ketones (excluding diaryl/α,β-unsaturated/α-hetero) is 1. The first-order valence-electron chi connectivity index (χ1n) is 17.3. The number of carbonyl (C=O) groups excluding carboxylic acids is 5. The molecule has 1 saturated carbocycles. The predicted octanol–water partition coefficient (Wildman–Crippen LogP) is 1.14. The molecular formula is C37H55N7O7. The lowest BCUT2D eigenvalue weighted by atomic mass is 9.85. The van der Waals surface area contributed by atoms with Gasteiger partial charge in [-0.15, -0.1) is 18.9 Å². The second-order valence-electron chi connectivity index (χ2n) is 16.5. The number of carbonyl (C=O) groups is 5. The van der Waals surface area contributed by atoms with Crippen LogP contribution in [-0.2, 0) is 19.2 Å². The van der Waals surface area contributed by atoms with E-state index in [4.69, 9.17) is 6.42 Å². The van der Waals surface area contributed by atoms with E-state index in [2.05, 4.69) is 39.1 Å². The first kappa shape index (κ1) is 40.8. The highest BCUT2D eigenvalue weighted by molar-refractivity contribution is 6.38. The van der Waals surface area contributed by atoms with Crippen LogP contribution in [0.5, 0.6) is 0 Å². The molecule has 5 amide bonds. The lowest BCUT2D eigenvalue weighted by molar-refractivity contribution is -0.145. The molecule has 0 bridgehead atoms. The molecule has 6 atom stereocenters. The molecule has 0 aromatic heterocycles. The van der Waals surface area contributed by atoms with E-state index >= 15 is 0 Å². The molecule has 14 heteroatoms. The molecular weight excluding hydrogens is 654 g/mol. The van der Waals surface area contributed by atoms with Crippen molar-refractivity contribution in [2.45, 2.75) is 92.4 Å². The predicted molar refractivity (Wildman–Crippen MR) is 197 cm³/mol. The van der Waals surface area contributed by atoms with Crippen LogP contribution in [0.4, 0.5) is 16.2 Å². The van der Waals surface area contributed by atoms with Crippen molar-refractivity contribution < 1.29 is 24.0 Å². The SMILES string of the molecule is C#CCCC(NC(=O)[C@@H]1[C@@H]2[C@H](CN1C(=O)[C@@H](NC(=O)N[C@H](CNc1c(N(C)C)c(=O)c1=O)C(C)(C)C)C(C)(C)C)C2(C)C)C(=O)C(=O)NCC=C. The number of nitrogens with zero attached hydrogens (tertiary/aromatic N) is 2. The minimum Gasteiger partial charge on any atom is -0.378 e. The minimum absolute atomic E-state index is 0.0150. The summed E-state index contributed by atoms with van der Waals surface area (Å²) in [7, 11) is 3.33. The van der Waals surface area contributed by atoms with Gasteiger partial charge in [-0.1, -0.05) is 61.5 Å². The molecule has 1 aliphatic carbocycles. The topological polar surface area (TPSA) is 186 Å². The van der Waals surface area contributed by atoms with Crippen molar-refractivity contribution >= 4 is 40.9 Å². The summed E-state index contributed by atoms with van der Waals surface area (Å²) >= 11 is 0. The van der Waals surface area contributed by atoms with Gasteiger partial charge in [0, 0.05) is 40.2 Å². The zero-order valence-electron chi connectivity index (χ0n) is 31.6. The third kappa shape index (κ3) is 8.80. The molecule has 5 N–H and O–H groups in total. The Morgan fingerprint density at radius 1 is 1.02 bits per heavy atom.